The molecule has 0 unspecified atom stereocenters. The van der Waals surface area contributed by atoms with E-state index in [0.29, 0.717) is 5.75 Å². The van der Waals surface area contributed by atoms with E-state index in [-0.39, 0.29) is 5.75 Å². The van der Waals surface area contributed by atoms with E-state index in [1.54, 1.807) is 30.3 Å². The molecule has 98 valence electrons. The minimum Gasteiger partial charge on any atom is -0.457 e. The molecule has 0 amide bonds. The summed E-state index contributed by atoms with van der Waals surface area (Å²) in [6.45, 7) is 3.61. The van der Waals surface area contributed by atoms with Crippen molar-refractivity contribution in [2.24, 2.45) is 0 Å². The third-order valence-corrected chi connectivity index (χ3v) is 2.37. The number of ether oxygens (including phenoxy) is 1. The quantitative estimate of drug-likeness (QED) is 0.813. The van der Waals surface area contributed by atoms with Gasteiger partial charge < -0.3 is 4.74 Å². The van der Waals surface area contributed by atoms with Crippen molar-refractivity contribution >= 4 is 6.08 Å². The van der Waals surface area contributed by atoms with Gasteiger partial charge in [-0.15, -0.1) is 0 Å². The van der Waals surface area contributed by atoms with Crippen LogP contribution in [0, 0.1) is 0 Å². The van der Waals surface area contributed by atoms with Crippen molar-refractivity contribution < 1.29 is 17.9 Å². The minimum atomic E-state index is -4.48. The zero-order valence-corrected chi connectivity index (χ0v) is 9.82. The molecule has 19 heavy (non-hydrogen) atoms. The van der Waals surface area contributed by atoms with Crippen LogP contribution in [-0.4, -0.2) is 4.98 Å². The Kier molecular flexibility index (Phi) is 3.55. The van der Waals surface area contributed by atoms with E-state index in [0.717, 1.165) is 17.8 Å². The second kappa shape index (κ2) is 5.14. The standard InChI is InChI=1S/C14H10F3NO/c1-2-10-3-5-11(6-4-10)19-12-7-8-18-13(9-12)14(15,16)17/h2-9H,1H2. The smallest absolute Gasteiger partial charge is 0.433 e. The van der Waals surface area contributed by atoms with Crippen LogP contribution in [0.4, 0.5) is 13.2 Å². The minimum absolute atomic E-state index is 0.0914. The van der Waals surface area contributed by atoms with Crippen LogP contribution >= 0.6 is 0 Å². The number of benzene rings is 1. The first-order valence-electron chi connectivity index (χ1n) is 5.42. The van der Waals surface area contributed by atoms with E-state index in [1.807, 2.05) is 0 Å². The molecule has 0 saturated carbocycles. The molecule has 0 spiro atoms. The first kappa shape index (κ1) is 13.1. The van der Waals surface area contributed by atoms with Crippen molar-refractivity contribution in [2.45, 2.75) is 6.18 Å². The average Bonchev–Trinajstić information content (AvgIpc) is 2.39. The average molecular weight is 265 g/mol. The van der Waals surface area contributed by atoms with Crippen LogP contribution in [0.1, 0.15) is 11.3 Å². The summed E-state index contributed by atoms with van der Waals surface area (Å²) in [5, 5.41) is 0. The van der Waals surface area contributed by atoms with Crippen LogP contribution in [0.15, 0.2) is 49.2 Å². The molecule has 1 aromatic carbocycles. The fourth-order valence-corrected chi connectivity index (χ4v) is 1.44. The van der Waals surface area contributed by atoms with Crippen LogP contribution in [-0.2, 0) is 6.18 Å². The Bertz CT molecular complexity index is 576. The third kappa shape index (κ3) is 3.34. The van der Waals surface area contributed by atoms with Crippen LogP contribution in [0.3, 0.4) is 0 Å². The third-order valence-electron chi connectivity index (χ3n) is 2.37. The first-order chi connectivity index (χ1) is 8.99. The summed E-state index contributed by atoms with van der Waals surface area (Å²) in [6, 6.07) is 9.07. The lowest BCUT2D eigenvalue weighted by atomic mass is 10.2. The zero-order chi connectivity index (χ0) is 13.9. The van der Waals surface area contributed by atoms with Gasteiger partial charge >= 0.3 is 6.18 Å². The second-order valence-electron chi connectivity index (χ2n) is 3.75. The monoisotopic (exact) mass is 265 g/mol. The van der Waals surface area contributed by atoms with E-state index in [9.17, 15) is 13.2 Å². The SMILES string of the molecule is C=Cc1ccc(Oc2ccnc(C(F)(F)F)c2)cc1. The Morgan fingerprint density at radius 1 is 1.05 bits per heavy atom. The summed E-state index contributed by atoms with van der Waals surface area (Å²) >= 11 is 0. The highest BCUT2D eigenvalue weighted by molar-refractivity contribution is 5.48. The van der Waals surface area contributed by atoms with E-state index in [4.69, 9.17) is 4.74 Å². The van der Waals surface area contributed by atoms with Gasteiger partial charge in [0.1, 0.15) is 17.2 Å². The summed E-state index contributed by atoms with van der Waals surface area (Å²) in [4.78, 5) is 3.26. The molecule has 1 aromatic heterocycles. The summed E-state index contributed by atoms with van der Waals surface area (Å²) < 4.78 is 42.8. The summed E-state index contributed by atoms with van der Waals surface area (Å²) in [7, 11) is 0. The van der Waals surface area contributed by atoms with Crippen molar-refractivity contribution in [3.8, 4) is 11.5 Å². The molecule has 1 heterocycles. The van der Waals surface area contributed by atoms with Gasteiger partial charge in [0.2, 0.25) is 0 Å². The highest BCUT2D eigenvalue weighted by Crippen LogP contribution is 2.31. The fourth-order valence-electron chi connectivity index (χ4n) is 1.44. The Balaban J connectivity index is 2.20. The molecule has 2 nitrogen and oxygen atoms in total. The molecule has 0 atom stereocenters. The molecule has 0 saturated heterocycles. The Morgan fingerprint density at radius 2 is 1.74 bits per heavy atom. The summed E-state index contributed by atoms with van der Waals surface area (Å²) in [5.74, 6) is 0.540. The molecule has 5 heteroatoms. The van der Waals surface area contributed by atoms with Crippen molar-refractivity contribution in [3.63, 3.8) is 0 Å². The van der Waals surface area contributed by atoms with Crippen molar-refractivity contribution in [1.29, 1.82) is 0 Å². The first-order valence-corrected chi connectivity index (χ1v) is 5.42. The molecule has 0 aliphatic carbocycles. The highest BCUT2D eigenvalue weighted by Gasteiger charge is 2.32. The fraction of sp³-hybridized carbons (Fsp3) is 0.0714. The topological polar surface area (TPSA) is 22.1 Å². The largest absolute Gasteiger partial charge is 0.457 e. The number of hydrogen-bond acceptors (Lipinski definition) is 2. The predicted molar refractivity (Wildman–Crippen MR) is 65.8 cm³/mol. The maximum atomic E-state index is 12.5. The molecule has 0 aliphatic rings. The van der Waals surface area contributed by atoms with E-state index in [2.05, 4.69) is 11.6 Å². The van der Waals surface area contributed by atoms with Gasteiger partial charge in [-0.2, -0.15) is 13.2 Å². The number of pyridine rings is 1. The van der Waals surface area contributed by atoms with Gasteiger partial charge in [-0.25, -0.2) is 0 Å². The van der Waals surface area contributed by atoms with Crippen LogP contribution in [0.25, 0.3) is 6.08 Å². The molecule has 2 aromatic rings. The number of alkyl halides is 3. The molecule has 2 rings (SSSR count). The molecular formula is C14H10F3NO. The zero-order valence-electron chi connectivity index (χ0n) is 9.82. The lowest BCUT2D eigenvalue weighted by Gasteiger charge is -2.09. The van der Waals surface area contributed by atoms with Gasteiger partial charge in [-0.3, -0.25) is 4.98 Å². The Morgan fingerprint density at radius 3 is 2.32 bits per heavy atom. The van der Waals surface area contributed by atoms with Gasteiger partial charge in [-0.05, 0) is 23.8 Å². The summed E-state index contributed by atoms with van der Waals surface area (Å²) in [6.07, 6.45) is -1.75. The molecular weight excluding hydrogens is 255 g/mol. The summed E-state index contributed by atoms with van der Waals surface area (Å²) in [5.41, 5.74) is -0.0780. The lowest BCUT2D eigenvalue weighted by Crippen LogP contribution is -2.07. The van der Waals surface area contributed by atoms with Crippen LogP contribution in [0.2, 0.25) is 0 Å². The van der Waals surface area contributed by atoms with Crippen molar-refractivity contribution in [2.75, 3.05) is 0 Å². The van der Waals surface area contributed by atoms with Crippen molar-refractivity contribution in [1.82, 2.24) is 4.98 Å². The maximum Gasteiger partial charge on any atom is 0.433 e. The Labute approximate surface area is 108 Å². The van der Waals surface area contributed by atoms with E-state index in [1.165, 1.54) is 6.07 Å². The normalized spacial score (nSPS) is 11.1. The number of halogens is 3. The van der Waals surface area contributed by atoms with Crippen LogP contribution in [0.5, 0.6) is 11.5 Å². The molecule has 0 fully saturated rings. The molecule has 0 N–H and O–H groups in total. The highest BCUT2D eigenvalue weighted by atomic mass is 19.4. The van der Waals surface area contributed by atoms with Crippen LogP contribution < -0.4 is 4.74 Å². The van der Waals surface area contributed by atoms with Gasteiger partial charge in [0.05, 0.1) is 0 Å². The lowest BCUT2D eigenvalue weighted by molar-refractivity contribution is -0.141. The predicted octanol–water partition coefficient (Wildman–Crippen LogP) is 4.54. The number of aromatic nitrogens is 1. The number of hydrogen-bond donors (Lipinski definition) is 0. The Hall–Kier alpha value is -2.30. The maximum absolute atomic E-state index is 12.5. The van der Waals surface area contributed by atoms with Gasteiger partial charge in [0.25, 0.3) is 0 Å². The molecule has 0 radical (unpaired) electrons. The van der Waals surface area contributed by atoms with Gasteiger partial charge in [0.15, 0.2) is 0 Å². The van der Waals surface area contributed by atoms with E-state index >= 15 is 0 Å². The number of nitrogens with zero attached hydrogens (tertiary/aromatic N) is 1. The molecule has 0 bridgehead atoms. The number of rotatable bonds is 3. The van der Waals surface area contributed by atoms with Crippen molar-refractivity contribution in [3.05, 3.63) is 60.4 Å². The molecule has 0 aliphatic heterocycles. The van der Waals surface area contributed by atoms with E-state index < -0.39 is 11.9 Å². The van der Waals surface area contributed by atoms with Gasteiger partial charge in [-0.1, -0.05) is 24.8 Å². The second-order valence-corrected chi connectivity index (χ2v) is 3.75. The van der Waals surface area contributed by atoms with Gasteiger partial charge in [0, 0.05) is 12.3 Å².